The number of pyridine rings is 1. The smallest absolute Gasteiger partial charge is 0.410 e. The van der Waals surface area contributed by atoms with Gasteiger partial charge in [-0.25, -0.2) is 19.7 Å². The highest BCUT2D eigenvalue weighted by atomic mass is 16.6. The van der Waals surface area contributed by atoms with Gasteiger partial charge in [-0.2, -0.15) is 0 Å². The Labute approximate surface area is 223 Å². The fourth-order valence-corrected chi connectivity index (χ4v) is 4.60. The molecule has 0 unspecified atom stereocenters. The number of nitrogens with one attached hydrogen (secondary N) is 1. The molecule has 0 radical (unpaired) electrons. The third-order valence-electron chi connectivity index (χ3n) is 6.51. The maximum absolute atomic E-state index is 12.3. The van der Waals surface area contributed by atoms with Gasteiger partial charge in [0.2, 0.25) is 0 Å². The number of fused-ring (bicyclic) bond motifs is 1. The number of ether oxygens (including phenoxy) is 1. The number of imidazole rings is 1. The van der Waals surface area contributed by atoms with E-state index in [4.69, 9.17) is 9.72 Å². The molecule has 3 aromatic heterocycles. The molecule has 1 aliphatic rings. The van der Waals surface area contributed by atoms with Crippen LogP contribution in [0.15, 0.2) is 48.8 Å². The first-order valence-corrected chi connectivity index (χ1v) is 13.2. The van der Waals surface area contributed by atoms with E-state index >= 15 is 0 Å². The van der Waals surface area contributed by atoms with Crippen LogP contribution in [0.25, 0.3) is 22.3 Å². The zero-order chi connectivity index (χ0) is 26.7. The van der Waals surface area contributed by atoms with E-state index in [0.29, 0.717) is 19.5 Å². The molecule has 1 N–H and O–H groups in total. The molecule has 1 amide bonds. The minimum Gasteiger partial charge on any atom is -0.444 e. The van der Waals surface area contributed by atoms with Crippen LogP contribution in [-0.4, -0.2) is 72.6 Å². The van der Waals surface area contributed by atoms with Gasteiger partial charge in [-0.15, -0.1) is 0 Å². The minimum absolute atomic E-state index is 0.232. The topological polar surface area (TPSA) is 100 Å². The molecule has 0 saturated carbocycles. The number of benzene rings is 1. The first-order valence-electron chi connectivity index (χ1n) is 13.2. The molecule has 4 heterocycles. The second kappa shape index (κ2) is 10.9. The van der Waals surface area contributed by atoms with Gasteiger partial charge in [0.15, 0.2) is 0 Å². The summed E-state index contributed by atoms with van der Waals surface area (Å²) in [5.74, 6) is 1.72. The Hall–Kier alpha value is -3.85. The summed E-state index contributed by atoms with van der Waals surface area (Å²) in [5, 5.41) is 0. The minimum atomic E-state index is -0.473. The maximum Gasteiger partial charge on any atom is 0.410 e. The van der Waals surface area contributed by atoms with Crippen molar-refractivity contribution in [3.8, 4) is 11.3 Å². The maximum atomic E-state index is 12.3. The lowest BCUT2D eigenvalue weighted by Gasteiger charge is -2.35. The number of hydrogen-bond acceptors (Lipinski definition) is 7. The number of amides is 1. The summed E-state index contributed by atoms with van der Waals surface area (Å²) in [7, 11) is 0. The number of piperazine rings is 1. The van der Waals surface area contributed by atoms with Gasteiger partial charge in [-0.3, -0.25) is 9.88 Å². The van der Waals surface area contributed by atoms with Gasteiger partial charge in [0.25, 0.3) is 0 Å². The summed E-state index contributed by atoms with van der Waals surface area (Å²) < 4.78 is 5.51. The first kappa shape index (κ1) is 25.8. The van der Waals surface area contributed by atoms with Crippen molar-refractivity contribution in [2.45, 2.75) is 52.7 Å². The molecule has 1 saturated heterocycles. The standard InChI is InChI=1S/C29H35N7O2/c1-5-26-31-11-9-23(32-26)21-6-7-24-25(17-21)34-27(33-24)18-22-16-20(8-10-30-22)19-35-12-14-36(15-13-35)28(37)38-29(2,3)4/h6-11,16-17H,5,12-15,18-19H2,1-4H3,(H,33,34). The Balaban J connectivity index is 1.21. The van der Waals surface area contributed by atoms with E-state index in [0.717, 1.165) is 65.7 Å². The summed E-state index contributed by atoms with van der Waals surface area (Å²) >= 11 is 0. The average Bonchev–Trinajstić information content (AvgIpc) is 3.30. The first-order chi connectivity index (χ1) is 18.3. The summed E-state index contributed by atoms with van der Waals surface area (Å²) in [6.45, 7) is 11.5. The number of carbonyl (C=O) groups excluding carboxylic acids is 1. The molecular weight excluding hydrogens is 478 g/mol. The summed E-state index contributed by atoms with van der Waals surface area (Å²) in [5.41, 5.74) is 5.56. The molecule has 0 aliphatic carbocycles. The number of aryl methyl sites for hydroxylation is 1. The van der Waals surface area contributed by atoms with Crippen LogP contribution in [0.3, 0.4) is 0 Å². The predicted octanol–water partition coefficient (Wildman–Crippen LogP) is 4.62. The Morgan fingerprint density at radius 3 is 2.55 bits per heavy atom. The lowest BCUT2D eigenvalue weighted by atomic mass is 10.1. The Morgan fingerprint density at radius 2 is 1.79 bits per heavy atom. The molecule has 1 aromatic carbocycles. The lowest BCUT2D eigenvalue weighted by molar-refractivity contribution is 0.0139. The van der Waals surface area contributed by atoms with Gasteiger partial charge in [-0.05, 0) is 56.7 Å². The summed E-state index contributed by atoms with van der Waals surface area (Å²) in [4.78, 5) is 38.3. The highest BCUT2D eigenvalue weighted by molar-refractivity contribution is 5.81. The van der Waals surface area contributed by atoms with E-state index in [1.807, 2.05) is 45.3 Å². The fourth-order valence-electron chi connectivity index (χ4n) is 4.60. The summed E-state index contributed by atoms with van der Waals surface area (Å²) in [6.07, 6.45) is 4.87. The number of hydrogen-bond donors (Lipinski definition) is 1. The van der Waals surface area contributed by atoms with Gasteiger partial charge in [0.05, 0.1) is 16.7 Å². The van der Waals surface area contributed by atoms with Gasteiger partial charge < -0.3 is 14.6 Å². The lowest BCUT2D eigenvalue weighted by Crippen LogP contribution is -2.49. The number of aromatic amines is 1. The molecule has 0 bridgehead atoms. The van der Waals surface area contributed by atoms with E-state index in [-0.39, 0.29) is 6.09 Å². The van der Waals surface area contributed by atoms with Gasteiger partial charge in [-0.1, -0.05) is 13.0 Å². The third-order valence-corrected chi connectivity index (χ3v) is 6.51. The second-order valence-corrected chi connectivity index (χ2v) is 10.7. The van der Waals surface area contributed by atoms with Crippen LogP contribution in [0.4, 0.5) is 4.79 Å². The highest BCUT2D eigenvalue weighted by Crippen LogP contribution is 2.23. The molecule has 1 fully saturated rings. The van der Waals surface area contributed by atoms with Gasteiger partial charge in [0.1, 0.15) is 17.2 Å². The quantitative estimate of drug-likeness (QED) is 0.401. The predicted molar refractivity (Wildman–Crippen MR) is 147 cm³/mol. The SMILES string of the molecule is CCc1nccc(-c2ccc3nc(Cc4cc(CN5CCN(C(=O)OC(C)(C)C)CC5)ccn4)[nH]c3c2)n1. The third kappa shape index (κ3) is 6.34. The van der Waals surface area contributed by atoms with Crippen LogP contribution in [0.2, 0.25) is 0 Å². The molecule has 9 nitrogen and oxygen atoms in total. The zero-order valence-corrected chi connectivity index (χ0v) is 22.6. The number of H-pyrrole nitrogens is 1. The van der Waals surface area contributed by atoms with Gasteiger partial charge in [0, 0.05) is 69.2 Å². The fraction of sp³-hybridized carbons (Fsp3) is 0.414. The highest BCUT2D eigenvalue weighted by Gasteiger charge is 2.25. The van der Waals surface area contributed by atoms with Crippen LogP contribution in [0.1, 0.15) is 50.6 Å². The molecule has 9 heteroatoms. The van der Waals surface area contributed by atoms with E-state index < -0.39 is 5.60 Å². The molecular formula is C29H35N7O2. The molecule has 0 spiro atoms. The van der Waals surface area contributed by atoms with E-state index in [2.05, 4.69) is 56.0 Å². The van der Waals surface area contributed by atoms with Crippen molar-refractivity contribution >= 4 is 17.1 Å². The van der Waals surface area contributed by atoms with Crippen LogP contribution >= 0.6 is 0 Å². The van der Waals surface area contributed by atoms with Crippen LogP contribution in [0.5, 0.6) is 0 Å². The van der Waals surface area contributed by atoms with Crippen molar-refractivity contribution < 1.29 is 9.53 Å². The van der Waals surface area contributed by atoms with E-state index in [1.54, 1.807) is 4.90 Å². The van der Waals surface area contributed by atoms with Gasteiger partial charge >= 0.3 is 6.09 Å². The van der Waals surface area contributed by atoms with Crippen molar-refractivity contribution in [2.75, 3.05) is 26.2 Å². The van der Waals surface area contributed by atoms with Crippen molar-refractivity contribution in [3.05, 3.63) is 71.7 Å². The van der Waals surface area contributed by atoms with Crippen LogP contribution in [-0.2, 0) is 24.1 Å². The van der Waals surface area contributed by atoms with Crippen molar-refractivity contribution in [1.82, 2.24) is 34.7 Å². The molecule has 1 aliphatic heterocycles. The Kier molecular flexibility index (Phi) is 7.37. The van der Waals surface area contributed by atoms with E-state index in [9.17, 15) is 4.79 Å². The number of nitrogens with zero attached hydrogens (tertiary/aromatic N) is 6. The number of carbonyl (C=O) groups is 1. The number of aromatic nitrogens is 5. The summed E-state index contributed by atoms with van der Waals surface area (Å²) in [6, 6.07) is 12.3. The van der Waals surface area contributed by atoms with Crippen LogP contribution in [0, 0.1) is 0 Å². The largest absolute Gasteiger partial charge is 0.444 e. The molecule has 0 atom stereocenters. The zero-order valence-electron chi connectivity index (χ0n) is 22.6. The molecule has 38 heavy (non-hydrogen) atoms. The Bertz CT molecular complexity index is 1420. The molecule has 4 aromatic rings. The van der Waals surface area contributed by atoms with Crippen molar-refractivity contribution in [2.24, 2.45) is 0 Å². The number of rotatable bonds is 6. The second-order valence-electron chi connectivity index (χ2n) is 10.7. The van der Waals surface area contributed by atoms with Crippen molar-refractivity contribution in [3.63, 3.8) is 0 Å². The monoisotopic (exact) mass is 513 g/mol. The molecule has 198 valence electrons. The molecule has 5 rings (SSSR count). The Morgan fingerprint density at radius 1 is 1.00 bits per heavy atom. The van der Waals surface area contributed by atoms with Crippen LogP contribution < -0.4 is 0 Å². The van der Waals surface area contributed by atoms with E-state index in [1.165, 1.54) is 5.56 Å². The normalized spacial score (nSPS) is 14.7. The average molecular weight is 514 g/mol. The van der Waals surface area contributed by atoms with Crippen molar-refractivity contribution in [1.29, 1.82) is 0 Å².